The molecule has 152 valence electrons. The van der Waals surface area contributed by atoms with E-state index >= 15 is 0 Å². The fourth-order valence-corrected chi connectivity index (χ4v) is 3.19. The van der Waals surface area contributed by atoms with E-state index in [-0.39, 0.29) is 47.4 Å². The molecule has 2 aliphatic heterocycles. The second-order valence-corrected chi connectivity index (χ2v) is 7.08. The molecule has 1 aromatic heterocycles. The van der Waals surface area contributed by atoms with Crippen LogP contribution in [0.2, 0.25) is 0 Å². The predicted molar refractivity (Wildman–Crippen MR) is 98.4 cm³/mol. The highest BCUT2D eigenvalue weighted by Crippen LogP contribution is 2.22. The van der Waals surface area contributed by atoms with Gasteiger partial charge in [-0.1, -0.05) is 5.57 Å². The van der Waals surface area contributed by atoms with Gasteiger partial charge in [0.05, 0.1) is 18.7 Å². The summed E-state index contributed by atoms with van der Waals surface area (Å²) in [4.78, 5) is 74.1. The van der Waals surface area contributed by atoms with Crippen molar-refractivity contribution in [1.29, 1.82) is 0 Å². The van der Waals surface area contributed by atoms with Gasteiger partial charge in [-0.05, 0) is 27.7 Å². The molecule has 0 atom stereocenters. The molecule has 0 saturated carbocycles. The first-order valence-electron chi connectivity index (χ1n) is 8.83. The van der Waals surface area contributed by atoms with Crippen LogP contribution in [0.3, 0.4) is 0 Å². The van der Waals surface area contributed by atoms with Gasteiger partial charge in [0.15, 0.2) is 0 Å². The van der Waals surface area contributed by atoms with E-state index in [1.165, 1.54) is 20.8 Å². The third-order valence-electron chi connectivity index (χ3n) is 5.22. The van der Waals surface area contributed by atoms with Crippen LogP contribution in [-0.4, -0.2) is 33.3 Å². The smallest absolute Gasteiger partial charge is 0.332 e. The van der Waals surface area contributed by atoms with Crippen LogP contribution >= 0.6 is 0 Å². The number of carbonyl (C=O) groups is 4. The molecule has 0 spiro atoms. The van der Waals surface area contributed by atoms with Gasteiger partial charge < -0.3 is 4.52 Å². The van der Waals surface area contributed by atoms with Crippen LogP contribution < -0.4 is 16.5 Å². The number of hydrogen-bond acceptors (Lipinski definition) is 7. The van der Waals surface area contributed by atoms with Gasteiger partial charge in [-0.25, -0.2) is 4.79 Å². The molecular weight excluding hydrogens is 382 g/mol. The van der Waals surface area contributed by atoms with Crippen LogP contribution in [0.4, 0.5) is 0 Å². The van der Waals surface area contributed by atoms with Crippen molar-refractivity contribution < 1.29 is 23.7 Å². The van der Waals surface area contributed by atoms with E-state index in [2.05, 4.69) is 5.32 Å². The van der Waals surface area contributed by atoms with Gasteiger partial charge in [0.1, 0.15) is 0 Å². The summed E-state index contributed by atoms with van der Waals surface area (Å²) in [5.74, 6) is -2.20. The van der Waals surface area contributed by atoms with Crippen LogP contribution in [0, 0.1) is 6.92 Å². The minimum absolute atomic E-state index is 0.0141. The Morgan fingerprint density at radius 3 is 2.03 bits per heavy atom. The topological polar surface area (TPSA) is 136 Å². The zero-order valence-electron chi connectivity index (χ0n) is 16.4. The zero-order chi connectivity index (χ0) is 21.6. The second kappa shape index (κ2) is 7.12. The Hall–Kier alpha value is -3.56. The van der Waals surface area contributed by atoms with Crippen LogP contribution in [0.1, 0.15) is 38.3 Å². The summed E-state index contributed by atoms with van der Waals surface area (Å²) in [6, 6.07) is 0. The second-order valence-electron chi connectivity index (χ2n) is 7.08. The van der Waals surface area contributed by atoms with Crippen molar-refractivity contribution in [2.24, 2.45) is 0 Å². The molecule has 3 rings (SSSR count). The molecule has 29 heavy (non-hydrogen) atoms. The molecule has 0 aliphatic carbocycles. The van der Waals surface area contributed by atoms with E-state index in [1.54, 1.807) is 6.92 Å². The maximum absolute atomic E-state index is 12.9. The molecule has 2 aliphatic rings. The van der Waals surface area contributed by atoms with Gasteiger partial charge in [0.2, 0.25) is 5.91 Å². The van der Waals surface area contributed by atoms with E-state index < -0.39 is 34.8 Å². The van der Waals surface area contributed by atoms with Crippen molar-refractivity contribution >= 4 is 23.6 Å². The molecule has 1 N–H and O–H groups in total. The molecule has 1 aromatic rings. The van der Waals surface area contributed by atoms with Gasteiger partial charge in [-0.2, -0.15) is 4.74 Å². The molecule has 0 radical (unpaired) electrons. The Balaban J connectivity index is 2.02. The summed E-state index contributed by atoms with van der Waals surface area (Å²) in [5, 5.41) is 2.15. The Bertz CT molecular complexity index is 1140. The molecule has 0 unspecified atom stereocenters. The van der Waals surface area contributed by atoms with Gasteiger partial charge >= 0.3 is 5.63 Å². The highest BCUT2D eigenvalue weighted by atomic mass is 16.5. The summed E-state index contributed by atoms with van der Waals surface area (Å²) in [5.41, 5.74) is -0.526. The van der Waals surface area contributed by atoms with Crippen LogP contribution in [-0.2, 0) is 32.3 Å². The third kappa shape index (κ3) is 3.37. The molecule has 0 fully saturated rings. The van der Waals surface area contributed by atoms with Crippen molar-refractivity contribution in [3.05, 3.63) is 54.2 Å². The van der Waals surface area contributed by atoms with Crippen molar-refractivity contribution in [2.75, 3.05) is 0 Å². The highest BCUT2D eigenvalue weighted by molar-refractivity contribution is 6.18. The van der Waals surface area contributed by atoms with E-state index in [0.717, 1.165) is 4.90 Å². The monoisotopic (exact) mass is 401 g/mol. The van der Waals surface area contributed by atoms with Gasteiger partial charge in [-0.15, -0.1) is 0 Å². The summed E-state index contributed by atoms with van der Waals surface area (Å²) >= 11 is 0. The number of rotatable bonds is 4. The first-order chi connectivity index (χ1) is 13.5. The maximum atomic E-state index is 12.9. The molecule has 10 heteroatoms. The van der Waals surface area contributed by atoms with Crippen molar-refractivity contribution in [3.63, 3.8) is 0 Å². The Morgan fingerprint density at radius 1 is 0.897 bits per heavy atom. The van der Waals surface area contributed by atoms with Crippen LogP contribution in [0.25, 0.3) is 0 Å². The fraction of sp³-hybridized carbons (Fsp3) is 0.368. The molecule has 0 saturated heterocycles. The molecule has 10 nitrogen and oxygen atoms in total. The number of carbonyl (C=O) groups excluding carboxylic acids is 4. The Labute approximate surface area is 164 Å². The number of aromatic nitrogens is 1. The Kier molecular flexibility index (Phi) is 4.95. The fourth-order valence-electron chi connectivity index (χ4n) is 3.19. The first-order valence-corrected chi connectivity index (χ1v) is 8.83. The number of nitrogens with one attached hydrogen (secondary N) is 1. The SMILES string of the molecule is CC1=C(Cn2oc(=O)c(C)c(CN3C(=O)C(C)=C(C)C3=O)c2=O)C(=O)NC(=O)C1. The lowest BCUT2D eigenvalue weighted by Crippen LogP contribution is -2.41. The number of hydrogen-bond donors (Lipinski definition) is 1. The number of amides is 4. The van der Waals surface area contributed by atoms with Crippen LogP contribution in [0.5, 0.6) is 0 Å². The van der Waals surface area contributed by atoms with Crippen molar-refractivity contribution in [2.45, 2.75) is 47.2 Å². The summed E-state index contributed by atoms with van der Waals surface area (Å²) < 4.78 is 5.72. The molecule has 4 amide bonds. The quantitative estimate of drug-likeness (QED) is 0.683. The highest BCUT2D eigenvalue weighted by Gasteiger charge is 2.35. The molecule has 0 bridgehead atoms. The minimum Gasteiger partial charge on any atom is -0.332 e. The maximum Gasteiger partial charge on any atom is 0.359 e. The van der Waals surface area contributed by atoms with Gasteiger partial charge in [0, 0.05) is 28.7 Å². The largest absolute Gasteiger partial charge is 0.359 e. The number of nitrogens with zero attached hydrogens (tertiary/aromatic N) is 2. The summed E-state index contributed by atoms with van der Waals surface area (Å²) in [7, 11) is 0. The van der Waals surface area contributed by atoms with E-state index in [1.807, 2.05) is 0 Å². The predicted octanol–water partition coefficient (Wildman–Crippen LogP) is -0.322. The van der Waals surface area contributed by atoms with Crippen molar-refractivity contribution in [3.8, 4) is 0 Å². The van der Waals surface area contributed by atoms with E-state index in [4.69, 9.17) is 4.52 Å². The Morgan fingerprint density at radius 2 is 1.48 bits per heavy atom. The van der Waals surface area contributed by atoms with E-state index in [0.29, 0.717) is 10.3 Å². The van der Waals surface area contributed by atoms with Gasteiger partial charge in [-0.3, -0.25) is 34.2 Å². The normalized spacial score (nSPS) is 17.6. The third-order valence-corrected chi connectivity index (χ3v) is 5.22. The first kappa shape index (κ1) is 20.2. The van der Waals surface area contributed by atoms with E-state index in [9.17, 15) is 28.8 Å². The van der Waals surface area contributed by atoms with Crippen LogP contribution in [0.15, 0.2) is 36.4 Å². The molecule has 3 heterocycles. The lowest BCUT2D eigenvalue weighted by Gasteiger charge is -2.19. The van der Waals surface area contributed by atoms with Crippen molar-refractivity contribution in [1.82, 2.24) is 15.0 Å². The van der Waals surface area contributed by atoms with Gasteiger partial charge in [0.25, 0.3) is 23.3 Å². The molecule has 0 aromatic carbocycles. The number of imide groups is 2. The molecular formula is C19H19N3O7. The summed E-state index contributed by atoms with van der Waals surface area (Å²) in [6.45, 7) is 5.22. The standard InChI is InChI=1S/C19H19N3O7/c1-8-5-14(23)20-15(24)12(8)7-22-18(27)13(11(4)19(28)29-22)6-21-16(25)9(2)10(3)17(21)26/h5-7H2,1-4H3,(H,20,23,24). The minimum atomic E-state index is -0.828. The lowest BCUT2D eigenvalue weighted by atomic mass is 10.0. The average Bonchev–Trinajstić information content (AvgIpc) is 2.82. The lowest BCUT2D eigenvalue weighted by molar-refractivity contribution is -0.138. The average molecular weight is 401 g/mol. The summed E-state index contributed by atoms with van der Waals surface area (Å²) in [6.07, 6.45) is -0.0141. The zero-order valence-corrected chi connectivity index (χ0v) is 16.4.